The first-order valence-corrected chi connectivity index (χ1v) is 10.6. The summed E-state index contributed by atoms with van der Waals surface area (Å²) >= 11 is 0. The lowest BCUT2D eigenvalue weighted by Crippen LogP contribution is -2.13. The largest absolute Gasteiger partial charge is 0.459 e. The van der Waals surface area contributed by atoms with E-state index >= 15 is 0 Å². The molecule has 170 valence electrons. The average Bonchev–Trinajstić information content (AvgIpc) is 3.40. The molecule has 0 aliphatic carbocycles. The lowest BCUT2D eigenvalue weighted by molar-refractivity contribution is 0.0472. The summed E-state index contributed by atoms with van der Waals surface area (Å²) in [6, 6.07) is 24.1. The molecule has 0 bridgehead atoms. The molecule has 0 fully saturated rings. The molecule has 0 aliphatic heterocycles. The Morgan fingerprint density at radius 1 is 0.794 bits per heavy atom. The van der Waals surface area contributed by atoms with Crippen molar-refractivity contribution in [1.29, 1.82) is 0 Å². The fraction of sp³-hybridized carbons (Fsp3) is 0.0741. The number of nitrogens with one attached hydrogen (secondary N) is 2. The SMILES string of the molecule is Cc1ccc(C(=O)OCc2ccc(C(=O)Nc3ccccc3)cc2)cc1NC(=O)c1ccco1. The highest BCUT2D eigenvalue weighted by Gasteiger charge is 2.14. The molecule has 0 saturated carbocycles. The van der Waals surface area contributed by atoms with Gasteiger partial charge in [0.2, 0.25) is 0 Å². The molecular formula is C27H22N2O5. The summed E-state index contributed by atoms with van der Waals surface area (Å²) in [4.78, 5) is 37.2. The van der Waals surface area contributed by atoms with Gasteiger partial charge in [0.25, 0.3) is 11.8 Å². The minimum Gasteiger partial charge on any atom is -0.459 e. The molecule has 0 atom stereocenters. The van der Waals surface area contributed by atoms with Gasteiger partial charge in [0.05, 0.1) is 11.8 Å². The summed E-state index contributed by atoms with van der Waals surface area (Å²) in [6.45, 7) is 1.86. The number of carbonyl (C=O) groups is 3. The van der Waals surface area contributed by atoms with Gasteiger partial charge in [-0.15, -0.1) is 0 Å². The number of benzene rings is 3. The smallest absolute Gasteiger partial charge is 0.338 e. The van der Waals surface area contributed by atoms with E-state index in [1.54, 1.807) is 54.6 Å². The first-order valence-electron chi connectivity index (χ1n) is 10.6. The van der Waals surface area contributed by atoms with Gasteiger partial charge in [-0.05, 0) is 66.6 Å². The number of carbonyl (C=O) groups excluding carboxylic acids is 3. The maximum Gasteiger partial charge on any atom is 0.338 e. The number of ether oxygens (including phenoxy) is 1. The second-order valence-corrected chi connectivity index (χ2v) is 7.55. The van der Waals surface area contributed by atoms with Crippen LogP contribution in [0.15, 0.2) is 95.6 Å². The van der Waals surface area contributed by atoms with Crippen LogP contribution in [-0.2, 0) is 11.3 Å². The van der Waals surface area contributed by atoms with Crippen LogP contribution in [0.2, 0.25) is 0 Å². The highest BCUT2D eigenvalue weighted by atomic mass is 16.5. The monoisotopic (exact) mass is 454 g/mol. The van der Waals surface area contributed by atoms with Crippen LogP contribution >= 0.6 is 0 Å². The third-order valence-corrected chi connectivity index (χ3v) is 5.08. The van der Waals surface area contributed by atoms with Gasteiger partial charge in [-0.25, -0.2) is 4.79 Å². The van der Waals surface area contributed by atoms with E-state index in [9.17, 15) is 14.4 Å². The maximum atomic E-state index is 12.6. The lowest BCUT2D eigenvalue weighted by atomic mass is 10.1. The second-order valence-electron chi connectivity index (χ2n) is 7.55. The molecule has 4 aromatic rings. The van der Waals surface area contributed by atoms with Crippen molar-refractivity contribution in [2.45, 2.75) is 13.5 Å². The third kappa shape index (κ3) is 5.58. The quantitative estimate of drug-likeness (QED) is 0.362. The minimum atomic E-state index is -0.528. The predicted molar refractivity (Wildman–Crippen MR) is 128 cm³/mol. The van der Waals surface area contributed by atoms with Crippen LogP contribution in [0.3, 0.4) is 0 Å². The van der Waals surface area contributed by atoms with E-state index in [1.807, 2.05) is 37.3 Å². The number of rotatable bonds is 7. The van der Waals surface area contributed by atoms with Crippen molar-refractivity contribution in [3.63, 3.8) is 0 Å². The van der Waals surface area contributed by atoms with Crippen LogP contribution < -0.4 is 10.6 Å². The molecular weight excluding hydrogens is 432 g/mol. The van der Waals surface area contributed by atoms with Gasteiger partial charge >= 0.3 is 5.97 Å². The Balaban J connectivity index is 1.35. The zero-order chi connectivity index (χ0) is 23.9. The number of amides is 2. The van der Waals surface area contributed by atoms with Crippen molar-refractivity contribution in [1.82, 2.24) is 0 Å². The van der Waals surface area contributed by atoms with Crippen molar-refractivity contribution >= 4 is 29.2 Å². The van der Waals surface area contributed by atoms with Gasteiger partial charge in [-0.2, -0.15) is 0 Å². The number of hydrogen-bond acceptors (Lipinski definition) is 5. The summed E-state index contributed by atoms with van der Waals surface area (Å²) < 4.78 is 10.5. The van der Waals surface area contributed by atoms with Gasteiger partial charge in [0, 0.05) is 16.9 Å². The molecule has 1 aromatic heterocycles. The van der Waals surface area contributed by atoms with Crippen molar-refractivity contribution in [2.75, 3.05) is 10.6 Å². The number of aryl methyl sites for hydroxylation is 1. The minimum absolute atomic E-state index is 0.0430. The van der Waals surface area contributed by atoms with E-state index in [0.29, 0.717) is 22.5 Å². The van der Waals surface area contributed by atoms with Crippen LogP contribution in [0.25, 0.3) is 0 Å². The van der Waals surface area contributed by atoms with Crippen LogP contribution in [0.5, 0.6) is 0 Å². The Labute approximate surface area is 196 Å². The third-order valence-electron chi connectivity index (χ3n) is 5.08. The van der Waals surface area contributed by atoms with Crippen molar-refractivity contribution in [3.05, 3.63) is 119 Å². The number of esters is 1. The zero-order valence-electron chi connectivity index (χ0n) is 18.4. The van der Waals surface area contributed by atoms with E-state index in [-0.39, 0.29) is 18.3 Å². The topological polar surface area (TPSA) is 97.6 Å². The molecule has 0 aliphatic rings. The molecule has 2 amide bonds. The van der Waals surface area contributed by atoms with Crippen molar-refractivity contribution < 1.29 is 23.5 Å². The molecule has 0 spiro atoms. The summed E-state index contributed by atoms with van der Waals surface area (Å²) in [5.41, 5.74) is 3.53. The van der Waals surface area contributed by atoms with E-state index in [0.717, 1.165) is 11.1 Å². The summed E-state index contributed by atoms with van der Waals surface area (Å²) in [5.74, 6) is -0.985. The number of hydrogen-bond donors (Lipinski definition) is 2. The van der Waals surface area contributed by atoms with Crippen molar-refractivity contribution in [3.8, 4) is 0 Å². The Morgan fingerprint density at radius 2 is 1.53 bits per heavy atom. The molecule has 2 N–H and O–H groups in total. The molecule has 0 unspecified atom stereocenters. The summed E-state index contributed by atoms with van der Waals surface area (Å²) in [5, 5.41) is 5.56. The van der Waals surface area contributed by atoms with Crippen LogP contribution in [0, 0.1) is 6.92 Å². The highest BCUT2D eigenvalue weighted by Crippen LogP contribution is 2.19. The second kappa shape index (κ2) is 10.3. The van der Waals surface area contributed by atoms with Gasteiger partial charge < -0.3 is 19.8 Å². The number of anilines is 2. The Kier molecular flexibility index (Phi) is 6.84. The fourth-order valence-corrected chi connectivity index (χ4v) is 3.18. The number of para-hydroxylation sites is 1. The molecule has 0 radical (unpaired) electrons. The Bertz CT molecular complexity index is 1300. The molecule has 7 heteroatoms. The maximum absolute atomic E-state index is 12.6. The van der Waals surface area contributed by atoms with Gasteiger partial charge in [-0.3, -0.25) is 9.59 Å². The molecule has 1 heterocycles. The van der Waals surface area contributed by atoms with Crippen molar-refractivity contribution in [2.24, 2.45) is 0 Å². The Hall–Kier alpha value is -4.65. The molecule has 4 rings (SSSR count). The van der Waals surface area contributed by atoms with Crippen LogP contribution in [0.4, 0.5) is 11.4 Å². The predicted octanol–water partition coefficient (Wildman–Crippen LogP) is 5.45. The highest BCUT2D eigenvalue weighted by molar-refractivity contribution is 6.04. The molecule has 7 nitrogen and oxygen atoms in total. The normalized spacial score (nSPS) is 10.4. The lowest BCUT2D eigenvalue weighted by Gasteiger charge is -2.10. The summed E-state index contributed by atoms with van der Waals surface area (Å²) in [7, 11) is 0. The molecule has 34 heavy (non-hydrogen) atoms. The Morgan fingerprint density at radius 3 is 2.24 bits per heavy atom. The van der Waals surface area contributed by atoms with Gasteiger partial charge in [-0.1, -0.05) is 36.4 Å². The summed E-state index contributed by atoms with van der Waals surface area (Å²) in [6.07, 6.45) is 1.41. The van der Waals surface area contributed by atoms with Crippen LogP contribution in [-0.4, -0.2) is 17.8 Å². The zero-order valence-corrected chi connectivity index (χ0v) is 18.4. The van der Waals surface area contributed by atoms with E-state index in [4.69, 9.17) is 9.15 Å². The van der Waals surface area contributed by atoms with E-state index in [2.05, 4.69) is 10.6 Å². The fourth-order valence-electron chi connectivity index (χ4n) is 3.18. The van der Waals surface area contributed by atoms with E-state index < -0.39 is 11.9 Å². The first-order chi connectivity index (χ1) is 16.5. The molecule has 3 aromatic carbocycles. The number of furan rings is 1. The first kappa shape index (κ1) is 22.5. The standard InChI is InChI=1S/C27H22N2O5/c1-18-9-12-21(16-23(18)29-26(31)24-8-5-15-33-24)27(32)34-17-19-10-13-20(14-11-19)25(30)28-22-6-3-2-4-7-22/h2-16H,17H2,1H3,(H,28,30)(H,29,31). The van der Waals surface area contributed by atoms with E-state index in [1.165, 1.54) is 6.26 Å². The van der Waals surface area contributed by atoms with Gasteiger partial charge in [0.1, 0.15) is 6.61 Å². The average molecular weight is 454 g/mol. The van der Waals surface area contributed by atoms with Crippen LogP contribution in [0.1, 0.15) is 42.4 Å². The molecule has 0 saturated heterocycles. The van der Waals surface area contributed by atoms with Gasteiger partial charge in [0.15, 0.2) is 5.76 Å².